The van der Waals surface area contributed by atoms with Gasteiger partial charge in [0.25, 0.3) is 12.4 Å². The van der Waals surface area contributed by atoms with E-state index in [9.17, 15) is 18.0 Å². The largest absolute Gasteiger partial charge is 0.474 e. The number of nitrogens with zero attached hydrogens (tertiary/aromatic N) is 3. The number of Topliss-reactive ketones (excluding diaryl/α,β-unsaturated/α-hetero) is 1. The van der Waals surface area contributed by atoms with Crippen molar-refractivity contribution in [3.63, 3.8) is 0 Å². The SMILES string of the molecule is C[C@H](C#N)Oc1ccc(C(=O)Cc2ccc(F)c([C@@]3(C(F)F)N=C(N)O[C@@H]4C[C@@H]43)c2)nc1. The Hall–Kier alpha value is -3.61. The zero-order valence-corrected chi connectivity index (χ0v) is 17.0. The second-order valence-corrected chi connectivity index (χ2v) is 7.76. The minimum Gasteiger partial charge on any atom is -0.474 e. The highest BCUT2D eigenvalue weighted by Gasteiger charge is 2.64. The predicted octanol–water partition coefficient (Wildman–Crippen LogP) is 3.13. The van der Waals surface area contributed by atoms with Gasteiger partial charge in [0.05, 0.1) is 6.20 Å². The summed E-state index contributed by atoms with van der Waals surface area (Å²) in [6.45, 7) is 1.57. The van der Waals surface area contributed by atoms with Gasteiger partial charge >= 0.3 is 0 Å². The normalized spacial score (nSPS) is 24.6. The maximum absolute atomic E-state index is 14.7. The number of hydrogen-bond donors (Lipinski definition) is 1. The fraction of sp³-hybridized carbons (Fsp3) is 0.364. The van der Waals surface area contributed by atoms with Gasteiger partial charge in [0.1, 0.15) is 29.4 Å². The molecule has 1 saturated carbocycles. The molecule has 32 heavy (non-hydrogen) atoms. The first kappa shape index (κ1) is 21.6. The summed E-state index contributed by atoms with van der Waals surface area (Å²) in [7, 11) is 0. The van der Waals surface area contributed by atoms with Crippen molar-refractivity contribution in [1.29, 1.82) is 5.26 Å². The molecule has 2 aromatic rings. The maximum atomic E-state index is 14.7. The van der Waals surface area contributed by atoms with Gasteiger partial charge in [-0.05, 0) is 43.2 Å². The first-order chi connectivity index (χ1) is 15.2. The summed E-state index contributed by atoms with van der Waals surface area (Å²) in [5, 5.41) is 8.78. The number of aliphatic imine (C=N–C) groups is 1. The predicted molar refractivity (Wildman–Crippen MR) is 107 cm³/mol. The molecule has 4 atom stereocenters. The summed E-state index contributed by atoms with van der Waals surface area (Å²) >= 11 is 0. The number of rotatable bonds is 7. The molecule has 4 rings (SSSR count). The van der Waals surface area contributed by atoms with Gasteiger partial charge in [-0.3, -0.25) is 4.79 Å². The highest BCUT2D eigenvalue weighted by atomic mass is 19.3. The van der Waals surface area contributed by atoms with Gasteiger partial charge in [0, 0.05) is 17.9 Å². The Bertz CT molecular complexity index is 1120. The number of nitriles is 1. The quantitative estimate of drug-likeness (QED) is 0.657. The molecular weight excluding hydrogens is 425 g/mol. The highest BCUT2D eigenvalue weighted by Crippen LogP contribution is 2.56. The third-order valence-electron chi connectivity index (χ3n) is 5.54. The first-order valence-corrected chi connectivity index (χ1v) is 9.89. The third kappa shape index (κ3) is 3.86. The lowest BCUT2D eigenvalue weighted by atomic mass is 9.83. The van der Waals surface area contributed by atoms with Crippen molar-refractivity contribution in [1.82, 2.24) is 4.98 Å². The summed E-state index contributed by atoms with van der Waals surface area (Å²) in [4.78, 5) is 20.5. The van der Waals surface area contributed by atoms with Crippen molar-refractivity contribution >= 4 is 11.8 Å². The molecule has 2 N–H and O–H groups in total. The van der Waals surface area contributed by atoms with E-state index in [-0.39, 0.29) is 17.7 Å². The average Bonchev–Trinajstić information content (AvgIpc) is 3.54. The molecule has 2 aliphatic rings. The number of fused-ring (bicyclic) bond motifs is 1. The molecule has 0 unspecified atom stereocenters. The fourth-order valence-corrected chi connectivity index (χ4v) is 3.91. The molecule has 7 nitrogen and oxygen atoms in total. The number of alkyl halides is 2. The van der Waals surface area contributed by atoms with Crippen LogP contribution in [0, 0.1) is 23.1 Å². The van der Waals surface area contributed by atoms with Crippen molar-refractivity contribution in [2.75, 3.05) is 0 Å². The van der Waals surface area contributed by atoms with Gasteiger partial charge in [-0.25, -0.2) is 23.1 Å². The molecule has 0 bridgehead atoms. The van der Waals surface area contributed by atoms with E-state index in [0.717, 1.165) is 6.07 Å². The fourth-order valence-electron chi connectivity index (χ4n) is 3.91. The molecule has 1 fully saturated rings. The van der Waals surface area contributed by atoms with Gasteiger partial charge in [0.2, 0.25) is 0 Å². The van der Waals surface area contributed by atoms with Crippen LogP contribution in [0.4, 0.5) is 13.2 Å². The second-order valence-electron chi connectivity index (χ2n) is 7.76. The number of aromatic nitrogens is 1. The van der Waals surface area contributed by atoms with Crippen LogP contribution in [0.5, 0.6) is 5.75 Å². The van der Waals surface area contributed by atoms with Gasteiger partial charge in [0.15, 0.2) is 17.4 Å². The Morgan fingerprint density at radius 3 is 2.84 bits per heavy atom. The van der Waals surface area contributed by atoms with Crippen molar-refractivity contribution in [3.05, 3.63) is 59.2 Å². The van der Waals surface area contributed by atoms with E-state index in [4.69, 9.17) is 20.5 Å². The Kier molecular flexibility index (Phi) is 5.50. The van der Waals surface area contributed by atoms with Crippen LogP contribution in [-0.2, 0) is 16.7 Å². The van der Waals surface area contributed by atoms with E-state index in [0.29, 0.717) is 17.7 Å². The lowest BCUT2D eigenvalue weighted by molar-refractivity contribution is 0.0176. The Morgan fingerprint density at radius 1 is 1.41 bits per heavy atom. The van der Waals surface area contributed by atoms with Crippen LogP contribution in [0.1, 0.15) is 35.0 Å². The zero-order valence-electron chi connectivity index (χ0n) is 17.0. The number of hydrogen-bond acceptors (Lipinski definition) is 7. The van der Waals surface area contributed by atoms with Crippen LogP contribution < -0.4 is 10.5 Å². The third-order valence-corrected chi connectivity index (χ3v) is 5.54. The van der Waals surface area contributed by atoms with Crippen LogP contribution in [-0.4, -0.2) is 35.4 Å². The Morgan fingerprint density at radius 2 is 2.19 bits per heavy atom. The summed E-state index contributed by atoms with van der Waals surface area (Å²) in [5.74, 6) is -1.61. The number of ether oxygens (including phenoxy) is 2. The number of carbonyl (C=O) groups excluding carboxylic acids is 1. The maximum Gasteiger partial charge on any atom is 0.283 e. The van der Waals surface area contributed by atoms with E-state index < -0.39 is 47.7 Å². The zero-order chi connectivity index (χ0) is 23.0. The second kappa shape index (κ2) is 8.15. The molecule has 0 amide bonds. The molecule has 1 aliphatic heterocycles. The van der Waals surface area contributed by atoms with Crippen molar-refractivity contribution in [3.8, 4) is 11.8 Å². The van der Waals surface area contributed by atoms with Crippen molar-refractivity contribution < 1.29 is 27.4 Å². The number of benzene rings is 1. The van der Waals surface area contributed by atoms with Crippen LogP contribution in [0.3, 0.4) is 0 Å². The first-order valence-electron chi connectivity index (χ1n) is 9.89. The molecule has 1 aromatic heterocycles. The van der Waals surface area contributed by atoms with Crippen LogP contribution in [0.15, 0.2) is 41.5 Å². The molecule has 2 heterocycles. The Labute approximate surface area is 181 Å². The van der Waals surface area contributed by atoms with Crippen LogP contribution in [0.2, 0.25) is 0 Å². The van der Waals surface area contributed by atoms with Crippen LogP contribution >= 0.6 is 0 Å². The van der Waals surface area contributed by atoms with Gasteiger partial charge in [-0.2, -0.15) is 5.26 Å². The molecule has 166 valence electrons. The number of ketones is 1. The average molecular weight is 444 g/mol. The summed E-state index contributed by atoms with van der Waals surface area (Å²) < 4.78 is 53.6. The van der Waals surface area contributed by atoms with E-state index in [2.05, 4.69) is 9.98 Å². The minimum atomic E-state index is -3.01. The number of amidine groups is 1. The monoisotopic (exact) mass is 444 g/mol. The van der Waals surface area contributed by atoms with Gasteiger partial charge in [-0.15, -0.1) is 0 Å². The lowest BCUT2D eigenvalue weighted by Gasteiger charge is -2.33. The molecular formula is C22H19F3N4O3. The van der Waals surface area contributed by atoms with E-state index in [1.807, 2.05) is 6.07 Å². The summed E-state index contributed by atoms with van der Waals surface area (Å²) in [6, 6.07) is 8.10. The molecule has 0 spiro atoms. The number of pyridine rings is 1. The lowest BCUT2D eigenvalue weighted by Crippen LogP contribution is -2.43. The van der Waals surface area contributed by atoms with Gasteiger partial charge < -0.3 is 15.2 Å². The van der Waals surface area contributed by atoms with E-state index in [1.165, 1.54) is 30.5 Å². The summed E-state index contributed by atoms with van der Waals surface area (Å²) in [6.07, 6.45) is -2.79. The topological polar surface area (TPSA) is 111 Å². The summed E-state index contributed by atoms with van der Waals surface area (Å²) in [5.41, 5.74) is 3.58. The number of halogens is 3. The smallest absolute Gasteiger partial charge is 0.283 e. The van der Waals surface area contributed by atoms with Gasteiger partial charge in [-0.1, -0.05) is 6.07 Å². The minimum absolute atomic E-state index is 0.118. The number of carbonyl (C=O) groups is 1. The van der Waals surface area contributed by atoms with Crippen molar-refractivity contribution in [2.45, 2.75) is 43.9 Å². The van der Waals surface area contributed by atoms with Crippen molar-refractivity contribution in [2.24, 2.45) is 16.6 Å². The Balaban J connectivity index is 1.59. The van der Waals surface area contributed by atoms with E-state index in [1.54, 1.807) is 6.92 Å². The van der Waals surface area contributed by atoms with E-state index >= 15 is 0 Å². The molecule has 1 aliphatic carbocycles. The van der Waals surface area contributed by atoms with Crippen LogP contribution in [0.25, 0.3) is 0 Å². The highest BCUT2D eigenvalue weighted by molar-refractivity contribution is 5.95. The molecule has 0 radical (unpaired) electrons. The standard InChI is InChI=1S/C22H19F3N4O3/c1-11(9-26)31-13-3-5-17(28-10-13)18(30)7-12-2-4-16(23)14(6-12)22(20(24)25)15-8-19(15)32-21(27)29-22/h2-6,10-11,15,19-20H,7-8H2,1H3,(H2,27,29)/t11-,15+,19-,22-/m1/s1. The number of nitrogens with two attached hydrogens (primary N) is 1. The molecule has 0 saturated heterocycles. The molecule has 1 aromatic carbocycles. The molecule has 10 heteroatoms.